The maximum atomic E-state index is 13.0. The summed E-state index contributed by atoms with van der Waals surface area (Å²) in [6, 6.07) is 3.45. The van der Waals surface area contributed by atoms with Gasteiger partial charge in [-0.15, -0.1) is 0 Å². The normalized spacial score (nSPS) is 14.7. The van der Waals surface area contributed by atoms with Gasteiger partial charge in [-0.05, 0) is 23.8 Å². The summed E-state index contributed by atoms with van der Waals surface area (Å²) in [5, 5.41) is 18.8. The molecule has 1 aromatic carbocycles. The van der Waals surface area contributed by atoms with E-state index in [2.05, 4.69) is 12.6 Å². The fraction of sp³-hybridized carbons (Fsp3) is 0.300. The molecule has 0 spiro atoms. The van der Waals surface area contributed by atoms with Crippen molar-refractivity contribution in [3.05, 3.63) is 35.1 Å². The Morgan fingerprint density at radius 1 is 1.40 bits per heavy atom. The quantitative estimate of drug-likeness (QED) is 0.533. The molecule has 3 nitrogen and oxygen atoms in total. The SMILES string of the molecule is O=Cc1cc(F)cc(C(O)C(O)CS)c1. The van der Waals surface area contributed by atoms with Gasteiger partial charge in [0.2, 0.25) is 0 Å². The predicted molar refractivity (Wildman–Crippen MR) is 56.6 cm³/mol. The first-order valence-corrected chi connectivity index (χ1v) is 4.94. The first-order chi connectivity index (χ1) is 7.08. The molecule has 0 saturated carbocycles. The second-order valence-electron chi connectivity index (χ2n) is 3.13. The first kappa shape index (κ1) is 12.2. The highest BCUT2D eigenvalue weighted by Crippen LogP contribution is 2.19. The van der Waals surface area contributed by atoms with Crippen molar-refractivity contribution in [2.75, 3.05) is 5.75 Å². The smallest absolute Gasteiger partial charge is 0.150 e. The zero-order valence-corrected chi connectivity index (χ0v) is 8.69. The van der Waals surface area contributed by atoms with Crippen molar-refractivity contribution in [2.45, 2.75) is 12.2 Å². The van der Waals surface area contributed by atoms with Gasteiger partial charge in [-0.1, -0.05) is 0 Å². The Labute approximate surface area is 92.0 Å². The summed E-state index contributed by atoms with van der Waals surface area (Å²) in [5.74, 6) is -0.575. The highest BCUT2D eigenvalue weighted by atomic mass is 32.1. The van der Waals surface area contributed by atoms with E-state index in [0.29, 0.717) is 6.29 Å². The second kappa shape index (κ2) is 5.25. The average molecular weight is 230 g/mol. The number of hydrogen-bond donors (Lipinski definition) is 3. The number of carbonyl (C=O) groups is 1. The van der Waals surface area contributed by atoms with Crippen molar-refractivity contribution in [3.63, 3.8) is 0 Å². The van der Waals surface area contributed by atoms with E-state index >= 15 is 0 Å². The third-order valence-electron chi connectivity index (χ3n) is 1.97. The molecule has 1 aromatic rings. The van der Waals surface area contributed by atoms with Crippen LogP contribution in [0, 0.1) is 5.82 Å². The minimum absolute atomic E-state index is 0.0497. The number of hydrogen-bond acceptors (Lipinski definition) is 4. The van der Waals surface area contributed by atoms with Gasteiger partial charge in [0.05, 0.1) is 6.10 Å². The number of aliphatic hydroxyl groups excluding tert-OH is 2. The topological polar surface area (TPSA) is 57.5 Å². The summed E-state index contributed by atoms with van der Waals surface area (Å²) < 4.78 is 13.0. The molecule has 0 aliphatic heterocycles. The molecule has 0 heterocycles. The molecule has 0 aromatic heterocycles. The van der Waals surface area contributed by atoms with Gasteiger partial charge in [0.1, 0.15) is 18.2 Å². The average Bonchev–Trinajstić information content (AvgIpc) is 2.26. The lowest BCUT2D eigenvalue weighted by atomic mass is 10.0. The van der Waals surface area contributed by atoms with E-state index in [1.54, 1.807) is 0 Å². The molecule has 15 heavy (non-hydrogen) atoms. The standard InChI is InChI=1S/C10H11FO3S/c11-8-2-6(4-12)1-7(3-8)10(14)9(13)5-15/h1-4,9-10,13-15H,5H2. The fourth-order valence-electron chi connectivity index (χ4n) is 1.20. The largest absolute Gasteiger partial charge is 0.389 e. The highest BCUT2D eigenvalue weighted by molar-refractivity contribution is 7.80. The van der Waals surface area contributed by atoms with E-state index in [1.165, 1.54) is 6.07 Å². The zero-order valence-electron chi connectivity index (χ0n) is 7.80. The second-order valence-corrected chi connectivity index (χ2v) is 3.50. The Hall–Kier alpha value is -0.910. The van der Waals surface area contributed by atoms with Crippen LogP contribution in [0.15, 0.2) is 18.2 Å². The number of halogens is 1. The molecule has 2 unspecified atom stereocenters. The van der Waals surface area contributed by atoms with Gasteiger partial charge in [0.15, 0.2) is 0 Å². The van der Waals surface area contributed by atoms with Crippen LogP contribution in [0.5, 0.6) is 0 Å². The van der Waals surface area contributed by atoms with Crippen LogP contribution in [0.25, 0.3) is 0 Å². The summed E-state index contributed by atoms with van der Waals surface area (Å²) in [5.41, 5.74) is 0.286. The Balaban J connectivity index is 3.02. The predicted octanol–water partition coefficient (Wildman–Crippen LogP) is 0.962. The molecule has 5 heteroatoms. The van der Waals surface area contributed by atoms with Crippen molar-refractivity contribution < 1.29 is 19.4 Å². The van der Waals surface area contributed by atoms with E-state index in [4.69, 9.17) is 0 Å². The van der Waals surface area contributed by atoms with Crippen molar-refractivity contribution in [1.82, 2.24) is 0 Å². The van der Waals surface area contributed by atoms with Crippen LogP contribution < -0.4 is 0 Å². The molecule has 2 N–H and O–H groups in total. The van der Waals surface area contributed by atoms with Crippen molar-refractivity contribution >= 4 is 18.9 Å². The van der Waals surface area contributed by atoms with Crippen LogP contribution in [0.3, 0.4) is 0 Å². The molecule has 0 amide bonds. The molecular formula is C10H11FO3S. The van der Waals surface area contributed by atoms with Gasteiger partial charge in [-0.25, -0.2) is 4.39 Å². The lowest BCUT2D eigenvalue weighted by Gasteiger charge is -2.16. The van der Waals surface area contributed by atoms with Gasteiger partial charge in [0, 0.05) is 11.3 Å². The molecule has 0 radical (unpaired) electrons. The van der Waals surface area contributed by atoms with Gasteiger partial charge < -0.3 is 10.2 Å². The number of aliphatic hydroxyl groups is 2. The molecule has 0 bridgehead atoms. The van der Waals surface area contributed by atoms with E-state index < -0.39 is 18.0 Å². The molecule has 0 fully saturated rings. The molecule has 2 atom stereocenters. The number of aldehydes is 1. The summed E-state index contributed by atoms with van der Waals surface area (Å²) >= 11 is 3.81. The molecule has 1 rings (SSSR count). The Kier molecular flexibility index (Phi) is 4.26. The minimum Gasteiger partial charge on any atom is -0.389 e. The number of rotatable bonds is 4. The van der Waals surface area contributed by atoms with Gasteiger partial charge in [-0.3, -0.25) is 4.79 Å². The molecule has 0 aliphatic carbocycles. The molecule has 0 aliphatic rings. The van der Waals surface area contributed by atoms with Gasteiger partial charge in [-0.2, -0.15) is 12.6 Å². The molecule has 82 valence electrons. The van der Waals surface area contributed by atoms with Crippen molar-refractivity contribution in [3.8, 4) is 0 Å². The van der Waals surface area contributed by atoms with E-state index in [-0.39, 0.29) is 16.9 Å². The lowest BCUT2D eigenvalue weighted by molar-refractivity contribution is 0.0335. The lowest BCUT2D eigenvalue weighted by Crippen LogP contribution is -2.20. The summed E-state index contributed by atoms with van der Waals surface area (Å²) in [6.45, 7) is 0. The van der Waals surface area contributed by atoms with Crippen LogP contribution in [-0.4, -0.2) is 28.4 Å². The highest BCUT2D eigenvalue weighted by Gasteiger charge is 2.17. The van der Waals surface area contributed by atoms with Crippen LogP contribution in [-0.2, 0) is 0 Å². The number of thiol groups is 1. The van der Waals surface area contributed by atoms with Crippen LogP contribution >= 0.6 is 12.6 Å². The van der Waals surface area contributed by atoms with E-state index in [1.807, 2.05) is 0 Å². The minimum atomic E-state index is -1.24. The molecular weight excluding hydrogens is 219 g/mol. The third kappa shape index (κ3) is 3.02. The fourth-order valence-corrected chi connectivity index (χ4v) is 1.40. The van der Waals surface area contributed by atoms with Crippen molar-refractivity contribution in [1.29, 1.82) is 0 Å². The third-order valence-corrected chi connectivity index (χ3v) is 2.35. The summed E-state index contributed by atoms with van der Waals surface area (Å²) in [7, 11) is 0. The van der Waals surface area contributed by atoms with Gasteiger partial charge in [0.25, 0.3) is 0 Å². The van der Waals surface area contributed by atoms with Crippen LogP contribution in [0.1, 0.15) is 22.0 Å². The van der Waals surface area contributed by atoms with Gasteiger partial charge >= 0.3 is 0 Å². The zero-order chi connectivity index (χ0) is 11.4. The monoisotopic (exact) mass is 230 g/mol. The summed E-state index contributed by atoms with van der Waals surface area (Å²) in [4.78, 5) is 10.4. The van der Waals surface area contributed by atoms with Crippen molar-refractivity contribution in [2.24, 2.45) is 0 Å². The first-order valence-electron chi connectivity index (χ1n) is 4.31. The maximum Gasteiger partial charge on any atom is 0.150 e. The Morgan fingerprint density at radius 3 is 2.60 bits per heavy atom. The Bertz CT molecular complexity index is 357. The molecule has 0 saturated heterocycles. The number of benzene rings is 1. The van der Waals surface area contributed by atoms with Crippen LogP contribution in [0.4, 0.5) is 4.39 Å². The number of carbonyl (C=O) groups excluding carboxylic acids is 1. The van der Waals surface area contributed by atoms with E-state index in [0.717, 1.165) is 12.1 Å². The maximum absolute atomic E-state index is 13.0. The Morgan fingerprint density at radius 2 is 2.07 bits per heavy atom. The van der Waals surface area contributed by atoms with Crippen LogP contribution in [0.2, 0.25) is 0 Å². The summed E-state index contributed by atoms with van der Waals surface area (Å²) in [6.07, 6.45) is -1.85. The van der Waals surface area contributed by atoms with E-state index in [9.17, 15) is 19.4 Å².